The first-order valence-electron chi connectivity index (χ1n) is 9.28. The summed E-state index contributed by atoms with van der Waals surface area (Å²) in [6, 6.07) is 7.97. The highest BCUT2D eigenvalue weighted by atomic mass is 127. The zero-order valence-electron chi connectivity index (χ0n) is 15.4. The van der Waals surface area contributed by atoms with Crippen molar-refractivity contribution in [1.82, 2.24) is 10.6 Å². The van der Waals surface area contributed by atoms with Crippen LogP contribution in [0.1, 0.15) is 24.8 Å². The first kappa shape index (κ1) is 20.7. The largest absolute Gasteiger partial charge is 0.373 e. The normalized spacial score (nSPS) is 26.6. The lowest BCUT2D eigenvalue weighted by molar-refractivity contribution is 0.0992. The summed E-state index contributed by atoms with van der Waals surface area (Å²) in [6.45, 7) is 0.847. The molecule has 0 aliphatic carbocycles. The Kier molecular flexibility index (Phi) is 6.52. The number of anilines is 1. The molecule has 0 saturated carbocycles. The number of nitrogens with one attached hydrogen (secondary N) is 2. The highest BCUT2D eigenvalue weighted by molar-refractivity contribution is 14.0. The van der Waals surface area contributed by atoms with Crippen LogP contribution in [0, 0.1) is 0 Å². The van der Waals surface area contributed by atoms with E-state index < -0.39 is 10.0 Å². The molecule has 7 nitrogen and oxygen atoms in total. The van der Waals surface area contributed by atoms with Crippen molar-refractivity contribution in [3.05, 3.63) is 29.8 Å². The lowest BCUT2D eigenvalue weighted by Gasteiger charge is -2.23. The number of nitrogens with zero attached hydrogens (tertiary/aromatic N) is 2. The van der Waals surface area contributed by atoms with E-state index in [1.54, 1.807) is 7.05 Å². The van der Waals surface area contributed by atoms with Crippen LogP contribution < -0.4 is 14.9 Å². The summed E-state index contributed by atoms with van der Waals surface area (Å²) in [5.41, 5.74) is 1.91. The predicted molar refractivity (Wildman–Crippen MR) is 117 cm³/mol. The molecule has 2 fully saturated rings. The fraction of sp³-hybridized carbons (Fsp3) is 0.611. The Morgan fingerprint density at radius 2 is 2.15 bits per heavy atom. The van der Waals surface area contributed by atoms with Crippen molar-refractivity contribution < 1.29 is 13.2 Å². The van der Waals surface area contributed by atoms with E-state index in [0.29, 0.717) is 25.2 Å². The van der Waals surface area contributed by atoms with Crippen LogP contribution >= 0.6 is 24.0 Å². The van der Waals surface area contributed by atoms with E-state index in [-0.39, 0.29) is 41.9 Å². The molecule has 3 unspecified atom stereocenters. The Balaban J connectivity index is 0.00000210. The fourth-order valence-corrected chi connectivity index (χ4v) is 5.59. The van der Waals surface area contributed by atoms with Crippen molar-refractivity contribution in [2.75, 3.05) is 30.2 Å². The SMILES string of the molecule is CN=C(NCCS(=O)(=O)N1CCc2ccccc21)NC1CC2CCC1O2.I. The number of sulfonamides is 1. The number of fused-ring (bicyclic) bond motifs is 3. The van der Waals surface area contributed by atoms with Crippen LogP contribution in [0.3, 0.4) is 0 Å². The second-order valence-corrected chi connectivity index (χ2v) is 9.14. The lowest BCUT2D eigenvalue weighted by Crippen LogP contribution is -2.48. The van der Waals surface area contributed by atoms with Gasteiger partial charge in [0, 0.05) is 20.1 Å². The third-order valence-electron chi connectivity index (χ3n) is 5.48. The molecule has 3 aliphatic heterocycles. The van der Waals surface area contributed by atoms with Crippen LogP contribution in [0.2, 0.25) is 0 Å². The van der Waals surface area contributed by atoms with E-state index in [2.05, 4.69) is 15.6 Å². The molecular formula is C18H27IN4O3S. The van der Waals surface area contributed by atoms with Crippen molar-refractivity contribution in [2.45, 2.75) is 43.9 Å². The van der Waals surface area contributed by atoms with Gasteiger partial charge in [-0.2, -0.15) is 0 Å². The Bertz CT molecular complexity index is 802. The number of ether oxygens (including phenoxy) is 1. The van der Waals surface area contributed by atoms with Crippen LogP contribution in [-0.4, -0.2) is 58.5 Å². The molecule has 2 saturated heterocycles. The zero-order valence-corrected chi connectivity index (χ0v) is 18.6. The van der Waals surface area contributed by atoms with Crippen molar-refractivity contribution in [2.24, 2.45) is 4.99 Å². The van der Waals surface area contributed by atoms with Crippen molar-refractivity contribution in [3.63, 3.8) is 0 Å². The lowest BCUT2D eigenvalue weighted by atomic mass is 9.96. The molecular weight excluding hydrogens is 479 g/mol. The number of hydrogen-bond donors (Lipinski definition) is 2. The summed E-state index contributed by atoms with van der Waals surface area (Å²) < 4.78 is 32.8. The Morgan fingerprint density at radius 3 is 2.85 bits per heavy atom. The molecule has 0 radical (unpaired) electrons. The molecule has 9 heteroatoms. The van der Waals surface area contributed by atoms with Gasteiger partial charge in [0.25, 0.3) is 0 Å². The van der Waals surface area contributed by atoms with E-state index in [4.69, 9.17) is 4.74 Å². The second kappa shape index (κ2) is 8.52. The molecule has 27 heavy (non-hydrogen) atoms. The van der Waals surface area contributed by atoms with Crippen molar-refractivity contribution >= 4 is 45.6 Å². The minimum absolute atomic E-state index is 0. The van der Waals surface area contributed by atoms with Gasteiger partial charge in [0.15, 0.2) is 5.96 Å². The Morgan fingerprint density at radius 1 is 1.33 bits per heavy atom. The highest BCUT2D eigenvalue weighted by Crippen LogP contribution is 2.34. The molecule has 1 aromatic carbocycles. The molecule has 0 spiro atoms. The second-order valence-electron chi connectivity index (χ2n) is 7.13. The molecule has 2 bridgehead atoms. The predicted octanol–water partition coefficient (Wildman–Crippen LogP) is 1.48. The van der Waals surface area contributed by atoms with Gasteiger partial charge in [-0.1, -0.05) is 18.2 Å². The minimum atomic E-state index is -3.35. The van der Waals surface area contributed by atoms with Gasteiger partial charge in [-0.05, 0) is 37.3 Å². The van der Waals surface area contributed by atoms with E-state index in [1.165, 1.54) is 4.31 Å². The zero-order chi connectivity index (χ0) is 18.1. The van der Waals surface area contributed by atoms with Crippen LogP contribution in [0.4, 0.5) is 5.69 Å². The highest BCUT2D eigenvalue weighted by Gasteiger charge is 2.41. The summed E-state index contributed by atoms with van der Waals surface area (Å²) >= 11 is 0. The van der Waals surface area contributed by atoms with E-state index >= 15 is 0 Å². The number of benzene rings is 1. The number of guanidine groups is 1. The Hall–Kier alpha value is -1.07. The molecule has 4 rings (SSSR count). The quantitative estimate of drug-likeness (QED) is 0.359. The van der Waals surface area contributed by atoms with E-state index in [1.807, 2.05) is 24.3 Å². The first-order valence-corrected chi connectivity index (χ1v) is 10.9. The summed E-state index contributed by atoms with van der Waals surface area (Å²) in [7, 11) is -1.65. The maximum atomic E-state index is 12.7. The molecule has 1 aromatic rings. The number of hydrogen-bond acceptors (Lipinski definition) is 4. The van der Waals surface area contributed by atoms with Crippen molar-refractivity contribution in [1.29, 1.82) is 0 Å². The summed E-state index contributed by atoms with van der Waals surface area (Å²) in [6.07, 6.45) is 4.62. The van der Waals surface area contributed by atoms with Crippen LogP contribution in [0.25, 0.3) is 0 Å². The summed E-state index contributed by atoms with van der Waals surface area (Å²) in [5.74, 6) is 0.679. The first-order chi connectivity index (χ1) is 12.6. The maximum Gasteiger partial charge on any atom is 0.236 e. The van der Waals surface area contributed by atoms with Gasteiger partial charge in [0.05, 0.1) is 29.7 Å². The van der Waals surface area contributed by atoms with E-state index in [0.717, 1.165) is 36.9 Å². The van der Waals surface area contributed by atoms with Gasteiger partial charge >= 0.3 is 0 Å². The topological polar surface area (TPSA) is 83.0 Å². The Labute approximate surface area is 178 Å². The average Bonchev–Trinajstić information content (AvgIpc) is 3.35. The average molecular weight is 506 g/mol. The third kappa shape index (κ3) is 4.34. The van der Waals surface area contributed by atoms with Gasteiger partial charge in [0.1, 0.15) is 0 Å². The summed E-state index contributed by atoms with van der Waals surface area (Å²) in [4.78, 5) is 4.22. The monoisotopic (exact) mass is 506 g/mol. The van der Waals surface area contributed by atoms with Crippen molar-refractivity contribution in [3.8, 4) is 0 Å². The third-order valence-corrected chi connectivity index (χ3v) is 7.26. The van der Waals surface area contributed by atoms with E-state index in [9.17, 15) is 8.42 Å². The molecule has 0 amide bonds. The van der Waals surface area contributed by atoms with Gasteiger partial charge in [0.2, 0.25) is 10.0 Å². The van der Waals surface area contributed by atoms with Crippen LogP contribution in [0.5, 0.6) is 0 Å². The molecule has 3 atom stereocenters. The van der Waals surface area contributed by atoms with Crippen LogP contribution in [0.15, 0.2) is 29.3 Å². The van der Waals surface area contributed by atoms with Gasteiger partial charge in [-0.15, -0.1) is 24.0 Å². The molecule has 2 N–H and O–H groups in total. The number of rotatable bonds is 5. The standard InChI is InChI=1S/C18H26N4O3S.HI/c1-19-18(21-15-12-14-6-7-17(15)25-14)20-9-11-26(23,24)22-10-8-13-4-2-3-5-16(13)22;/h2-5,14-15,17H,6-12H2,1H3,(H2,19,20,21);1H. The van der Waals surface area contributed by atoms with Crippen LogP contribution in [-0.2, 0) is 21.2 Å². The number of aliphatic imine (C=N–C) groups is 1. The number of halogens is 1. The van der Waals surface area contributed by atoms with Gasteiger partial charge in [-0.3, -0.25) is 9.30 Å². The minimum Gasteiger partial charge on any atom is -0.373 e. The molecule has 150 valence electrons. The molecule has 0 aromatic heterocycles. The van der Waals surface area contributed by atoms with Gasteiger partial charge < -0.3 is 15.4 Å². The maximum absolute atomic E-state index is 12.7. The van der Waals surface area contributed by atoms with Gasteiger partial charge in [-0.25, -0.2) is 8.42 Å². The molecule has 3 aliphatic rings. The molecule has 3 heterocycles. The fourth-order valence-electron chi connectivity index (χ4n) is 4.17. The summed E-state index contributed by atoms with van der Waals surface area (Å²) in [5, 5.41) is 6.51. The number of para-hydroxylation sites is 1. The smallest absolute Gasteiger partial charge is 0.236 e.